The maximum absolute atomic E-state index is 11.7. The molecule has 1 aliphatic rings. The predicted octanol–water partition coefficient (Wildman–Crippen LogP) is 5.39. The molecular weight excluding hydrogens is 426 g/mol. The highest BCUT2D eigenvalue weighted by atomic mass is 16.5. The lowest BCUT2D eigenvalue weighted by Gasteiger charge is -2.21. The van der Waals surface area contributed by atoms with Gasteiger partial charge in [-0.3, -0.25) is 9.78 Å². The smallest absolute Gasteiger partial charge is 0.305 e. The van der Waals surface area contributed by atoms with Gasteiger partial charge >= 0.3 is 5.97 Å². The fraction of sp³-hybridized carbons (Fsp3) is 0.286. The Labute approximate surface area is 199 Å². The summed E-state index contributed by atoms with van der Waals surface area (Å²) in [5, 5.41) is 14.0. The van der Waals surface area contributed by atoms with Gasteiger partial charge in [0.2, 0.25) is 0 Å². The van der Waals surface area contributed by atoms with Crippen molar-refractivity contribution < 1.29 is 14.6 Å². The van der Waals surface area contributed by atoms with E-state index >= 15 is 0 Å². The predicted molar refractivity (Wildman–Crippen MR) is 134 cm³/mol. The number of nitrogens with one attached hydrogen (secondary N) is 1. The van der Waals surface area contributed by atoms with Gasteiger partial charge in [0.25, 0.3) is 0 Å². The van der Waals surface area contributed by atoms with E-state index in [1.54, 1.807) is 0 Å². The Bertz CT molecular complexity index is 1330. The Morgan fingerprint density at radius 3 is 2.91 bits per heavy atom. The van der Waals surface area contributed by atoms with Crippen LogP contribution in [-0.4, -0.2) is 33.8 Å². The fourth-order valence-corrected chi connectivity index (χ4v) is 4.78. The average Bonchev–Trinajstić information content (AvgIpc) is 3.26. The van der Waals surface area contributed by atoms with E-state index in [1.165, 1.54) is 0 Å². The van der Waals surface area contributed by atoms with E-state index in [2.05, 4.69) is 22.0 Å². The molecule has 0 aliphatic carbocycles. The van der Waals surface area contributed by atoms with Crippen molar-refractivity contribution in [3.05, 3.63) is 89.4 Å². The van der Waals surface area contributed by atoms with Crippen LogP contribution in [0.3, 0.4) is 0 Å². The highest BCUT2D eigenvalue weighted by molar-refractivity contribution is 5.82. The Morgan fingerprint density at radius 1 is 1.18 bits per heavy atom. The minimum Gasteiger partial charge on any atom is -0.493 e. The number of hydrogen-bond acceptors (Lipinski definition) is 4. The van der Waals surface area contributed by atoms with Gasteiger partial charge in [0.15, 0.2) is 0 Å². The third-order valence-electron chi connectivity index (χ3n) is 6.51. The Hall–Kier alpha value is -3.80. The fourth-order valence-electron chi connectivity index (χ4n) is 4.78. The summed E-state index contributed by atoms with van der Waals surface area (Å²) < 4.78 is 8.10. The summed E-state index contributed by atoms with van der Waals surface area (Å²) in [6.07, 6.45) is 4.89. The molecule has 4 aromatic rings. The van der Waals surface area contributed by atoms with Gasteiger partial charge in [0.1, 0.15) is 5.75 Å². The quantitative estimate of drug-likeness (QED) is 0.373. The third kappa shape index (κ3) is 4.62. The second-order valence-corrected chi connectivity index (χ2v) is 8.84. The first-order valence-corrected chi connectivity index (χ1v) is 11.8. The largest absolute Gasteiger partial charge is 0.493 e. The summed E-state index contributed by atoms with van der Waals surface area (Å²) in [5.74, 6) is -0.0165. The number of nitrogens with zero attached hydrogens (tertiary/aromatic N) is 2. The number of aryl methyl sites for hydroxylation is 2. The number of carboxylic acids is 1. The van der Waals surface area contributed by atoms with Crippen molar-refractivity contribution in [3.63, 3.8) is 0 Å². The molecule has 0 fully saturated rings. The van der Waals surface area contributed by atoms with E-state index in [-0.39, 0.29) is 12.5 Å². The SMILES string of the molecule is Cc1ccccc1C(CC(=O)O)n1ccc2cc(OCCc3ccc4c(n3)CCCN4)ccc21. The van der Waals surface area contributed by atoms with E-state index in [4.69, 9.17) is 9.72 Å². The molecule has 6 heteroatoms. The van der Waals surface area contributed by atoms with Crippen LogP contribution in [-0.2, 0) is 17.6 Å². The Balaban J connectivity index is 1.32. The molecular formula is C28H29N3O3. The normalized spacial score (nSPS) is 13.8. The zero-order valence-corrected chi connectivity index (χ0v) is 19.3. The molecule has 2 N–H and O–H groups in total. The number of benzene rings is 2. The lowest BCUT2D eigenvalue weighted by Crippen LogP contribution is -2.15. The van der Waals surface area contributed by atoms with Gasteiger partial charge in [-0.1, -0.05) is 24.3 Å². The number of ether oxygens (including phenoxy) is 1. The summed E-state index contributed by atoms with van der Waals surface area (Å²) in [6.45, 7) is 3.59. The molecule has 5 rings (SSSR count). The number of pyridine rings is 1. The minimum absolute atomic E-state index is 0.0240. The van der Waals surface area contributed by atoms with Crippen LogP contribution in [0.5, 0.6) is 5.75 Å². The number of carboxylic acid groups (broad SMARTS) is 1. The van der Waals surface area contributed by atoms with Gasteiger partial charge in [-0.25, -0.2) is 0 Å². The van der Waals surface area contributed by atoms with Crippen molar-refractivity contribution in [3.8, 4) is 5.75 Å². The zero-order valence-electron chi connectivity index (χ0n) is 19.3. The molecule has 0 spiro atoms. The van der Waals surface area contributed by atoms with Crippen LogP contribution < -0.4 is 10.1 Å². The number of rotatable bonds is 8. The number of aliphatic carboxylic acids is 1. The lowest BCUT2D eigenvalue weighted by molar-refractivity contribution is -0.137. The van der Waals surface area contributed by atoms with E-state index in [9.17, 15) is 9.90 Å². The average molecular weight is 456 g/mol. The minimum atomic E-state index is -0.818. The number of hydrogen-bond donors (Lipinski definition) is 2. The summed E-state index contributed by atoms with van der Waals surface area (Å²) in [5.41, 5.74) is 6.45. The van der Waals surface area contributed by atoms with Crippen LogP contribution in [0.4, 0.5) is 5.69 Å². The molecule has 0 amide bonds. The van der Waals surface area contributed by atoms with Gasteiger partial charge < -0.3 is 19.7 Å². The first kappa shape index (κ1) is 22.0. The van der Waals surface area contributed by atoms with Crippen LogP contribution in [0.15, 0.2) is 66.9 Å². The molecule has 174 valence electrons. The van der Waals surface area contributed by atoms with Crippen molar-refractivity contribution in [1.29, 1.82) is 0 Å². The molecule has 0 saturated heterocycles. The van der Waals surface area contributed by atoms with Gasteiger partial charge in [-0.05, 0) is 67.3 Å². The van der Waals surface area contributed by atoms with Crippen LogP contribution in [0.25, 0.3) is 10.9 Å². The van der Waals surface area contributed by atoms with Crippen molar-refractivity contribution in [1.82, 2.24) is 9.55 Å². The van der Waals surface area contributed by atoms with E-state index in [0.717, 1.165) is 70.7 Å². The van der Waals surface area contributed by atoms with Gasteiger partial charge in [0, 0.05) is 35.8 Å². The molecule has 2 aromatic heterocycles. The van der Waals surface area contributed by atoms with E-state index < -0.39 is 5.97 Å². The van der Waals surface area contributed by atoms with E-state index in [0.29, 0.717) is 6.61 Å². The first-order chi connectivity index (χ1) is 16.6. The van der Waals surface area contributed by atoms with Crippen molar-refractivity contribution in [2.75, 3.05) is 18.5 Å². The monoisotopic (exact) mass is 455 g/mol. The topological polar surface area (TPSA) is 76.4 Å². The first-order valence-electron chi connectivity index (χ1n) is 11.8. The molecule has 1 unspecified atom stereocenters. The summed E-state index contributed by atoms with van der Waals surface area (Å²) in [4.78, 5) is 16.4. The van der Waals surface area contributed by atoms with Crippen LogP contribution in [0, 0.1) is 6.92 Å². The molecule has 0 bridgehead atoms. The Morgan fingerprint density at radius 2 is 2.06 bits per heavy atom. The third-order valence-corrected chi connectivity index (χ3v) is 6.51. The van der Waals surface area contributed by atoms with Crippen molar-refractivity contribution in [2.45, 2.75) is 38.6 Å². The molecule has 3 heterocycles. The Kier molecular flexibility index (Phi) is 6.21. The van der Waals surface area contributed by atoms with Gasteiger partial charge in [-0.2, -0.15) is 0 Å². The highest BCUT2D eigenvalue weighted by Gasteiger charge is 2.20. The molecule has 0 saturated carbocycles. The molecule has 6 nitrogen and oxygen atoms in total. The summed E-state index contributed by atoms with van der Waals surface area (Å²) in [7, 11) is 0. The van der Waals surface area contributed by atoms with Crippen LogP contribution in [0.2, 0.25) is 0 Å². The van der Waals surface area contributed by atoms with E-state index in [1.807, 2.05) is 61.7 Å². The summed E-state index contributed by atoms with van der Waals surface area (Å²) in [6, 6.07) is 19.9. The number of carbonyl (C=O) groups is 1. The highest BCUT2D eigenvalue weighted by Crippen LogP contribution is 2.31. The standard InChI is InChI=1S/C28H29N3O3/c1-19-5-2-3-6-23(19)27(18-28(32)33)31-15-12-20-17-22(9-11-26(20)31)34-16-13-21-8-10-24-25(30-21)7-4-14-29-24/h2-3,5-6,8-12,15,17,27,29H,4,7,13-14,16,18H2,1H3,(H,32,33). The zero-order chi connectivity index (χ0) is 23.5. The second kappa shape index (κ2) is 9.59. The van der Waals surface area contributed by atoms with Gasteiger partial charge in [0.05, 0.1) is 30.5 Å². The molecule has 1 aliphatic heterocycles. The maximum atomic E-state index is 11.7. The van der Waals surface area contributed by atoms with Gasteiger partial charge in [-0.15, -0.1) is 0 Å². The molecule has 34 heavy (non-hydrogen) atoms. The van der Waals surface area contributed by atoms with Crippen LogP contribution >= 0.6 is 0 Å². The van der Waals surface area contributed by atoms with Crippen LogP contribution in [0.1, 0.15) is 41.4 Å². The molecule has 1 atom stereocenters. The number of aromatic nitrogens is 2. The number of anilines is 1. The van der Waals surface area contributed by atoms with Crippen molar-refractivity contribution >= 4 is 22.6 Å². The second-order valence-electron chi connectivity index (χ2n) is 8.84. The van der Waals surface area contributed by atoms with Crippen molar-refractivity contribution in [2.24, 2.45) is 0 Å². The molecule has 2 aromatic carbocycles. The maximum Gasteiger partial charge on any atom is 0.305 e. The number of fused-ring (bicyclic) bond motifs is 2. The molecule has 0 radical (unpaired) electrons. The summed E-state index contributed by atoms with van der Waals surface area (Å²) >= 11 is 0. The lowest BCUT2D eigenvalue weighted by atomic mass is 9.98.